The molecule has 0 unspecified atom stereocenters. The molecule has 0 bridgehead atoms. The van der Waals surface area contributed by atoms with Gasteiger partial charge in [-0.15, -0.1) is 5.10 Å². The molecule has 5 fully saturated rings. The maximum absolute atomic E-state index is 15.1. The Bertz CT molecular complexity index is 2460. The Morgan fingerprint density at radius 2 is 1.59 bits per heavy atom. The van der Waals surface area contributed by atoms with Crippen LogP contribution in [0.5, 0.6) is 11.5 Å². The van der Waals surface area contributed by atoms with Crippen molar-refractivity contribution in [2.45, 2.75) is 209 Å². The van der Waals surface area contributed by atoms with Gasteiger partial charge in [-0.3, -0.25) is 29.3 Å². The van der Waals surface area contributed by atoms with Crippen molar-refractivity contribution in [1.82, 2.24) is 30.5 Å². The van der Waals surface area contributed by atoms with Crippen molar-refractivity contribution in [3.05, 3.63) is 47.8 Å². The molecule has 5 aliphatic rings. The number of nitrogens with one attached hydrogen (secondary N) is 2. The van der Waals surface area contributed by atoms with Crippen LogP contribution in [0.15, 0.2) is 36.5 Å². The number of fused-ring (bicyclic) bond motifs is 7. The zero-order valence-corrected chi connectivity index (χ0v) is 47.9. The number of benzene rings is 1. The van der Waals surface area contributed by atoms with Gasteiger partial charge in [0.15, 0.2) is 0 Å². The molecule has 74 heavy (non-hydrogen) atoms. The highest BCUT2D eigenvalue weighted by atomic mass is 16.6. The largest absolute Gasteiger partial charge is 0.497 e. The molecule has 3 amide bonds. The third-order valence-corrected chi connectivity index (χ3v) is 20.9. The number of carbonyl (C=O) groups excluding carboxylic acids is 3. The van der Waals surface area contributed by atoms with Gasteiger partial charge in [-0.25, -0.2) is 4.79 Å². The predicted octanol–water partition coefficient (Wildman–Crippen LogP) is 10.5. The minimum absolute atomic E-state index is 0.00256. The van der Waals surface area contributed by atoms with Gasteiger partial charge in [-0.05, 0) is 170 Å². The third kappa shape index (κ3) is 9.47. The summed E-state index contributed by atoms with van der Waals surface area (Å²) in [5.74, 6) is 0.374. The number of alkyl carbamates (subject to hydrolysis) is 1. The number of aromatic nitrogens is 3. The minimum atomic E-state index is -1.32. The second-order valence-corrected chi connectivity index (χ2v) is 26.6. The lowest BCUT2D eigenvalue weighted by molar-refractivity contribution is -0.268. The van der Waals surface area contributed by atoms with Crippen molar-refractivity contribution in [2.75, 3.05) is 14.2 Å². The fraction of sp³-hybridized carbons (Fsp3) is 0.763. The Kier molecular flexibility index (Phi) is 15.6. The fourth-order valence-corrected chi connectivity index (χ4v) is 16.3. The highest BCUT2D eigenvalue weighted by Crippen LogP contribution is 2.78. The molecule has 5 aliphatic carbocycles. The highest BCUT2D eigenvalue weighted by Gasteiger charge is 2.73. The maximum Gasteiger partial charge on any atom is 0.408 e. The van der Waals surface area contributed by atoms with E-state index >= 15 is 9.59 Å². The van der Waals surface area contributed by atoms with Crippen LogP contribution in [0.4, 0.5) is 4.79 Å². The van der Waals surface area contributed by atoms with Gasteiger partial charge in [-0.1, -0.05) is 78.3 Å². The smallest absolute Gasteiger partial charge is 0.408 e. The number of hydrogen-bond donors (Lipinski definition) is 4. The van der Waals surface area contributed by atoms with E-state index in [0.717, 1.165) is 68.9 Å². The standard InChI is InChI=1S/C59H92N6O9/c1-18-36(4)47(61-51(70)74-52(6,7)8)48(66)65(49(67)54(11,12)60-32-38-19-20-39(72-16)31-42(38)73-17)37(5)33-64-34-45(62-63-64)59(71)30-27-55(13)43(53(59,9)10)24-25-57(15)44(55)22-21-41-46-40(35(2)3)23-26-58(46,50(68)69)29-28-56(41,57)14/h19-20,31,34,36-37,40-41,43-44,46-47,60,71H,2,18,21-30,32-33H2,1,3-17H3,(H,61,70)(H,68,69)/t36-,37-,40-,41+,43-,44+,46+,47-,55-,56+,57+,58-,59-/m0/s1. The van der Waals surface area contributed by atoms with Crippen LogP contribution >= 0.6 is 0 Å². The first-order valence-electron chi connectivity index (χ1n) is 27.7. The Balaban J connectivity index is 1.15. The van der Waals surface area contributed by atoms with Gasteiger partial charge >= 0.3 is 12.1 Å². The van der Waals surface area contributed by atoms with Crippen molar-refractivity contribution in [3.63, 3.8) is 0 Å². The highest BCUT2D eigenvalue weighted by molar-refractivity contribution is 6.03. The van der Waals surface area contributed by atoms with E-state index in [1.807, 2.05) is 26.0 Å². The second kappa shape index (κ2) is 20.1. The molecule has 1 heterocycles. The molecule has 15 heteroatoms. The first-order chi connectivity index (χ1) is 34.3. The number of rotatable bonds is 16. The van der Waals surface area contributed by atoms with Gasteiger partial charge in [0.05, 0.1) is 44.0 Å². The second-order valence-electron chi connectivity index (χ2n) is 26.6. The topological polar surface area (TPSA) is 194 Å². The molecule has 7 rings (SSSR count). The molecule has 5 saturated carbocycles. The Morgan fingerprint density at radius 3 is 2.20 bits per heavy atom. The summed E-state index contributed by atoms with van der Waals surface area (Å²) in [7, 11) is 3.15. The summed E-state index contributed by atoms with van der Waals surface area (Å²) in [6.07, 6.45) is 10.2. The van der Waals surface area contributed by atoms with Gasteiger partial charge < -0.3 is 29.7 Å². The Hall–Kier alpha value is -4.50. The van der Waals surface area contributed by atoms with E-state index < -0.39 is 63.5 Å². The predicted molar refractivity (Wildman–Crippen MR) is 285 cm³/mol. The molecule has 1 aromatic heterocycles. The summed E-state index contributed by atoms with van der Waals surface area (Å²) in [6.45, 7) is 33.1. The average Bonchev–Trinajstić information content (AvgIpc) is 3.97. The van der Waals surface area contributed by atoms with Crippen molar-refractivity contribution < 1.29 is 43.6 Å². The lowest BCUT2D eigenvalue weighted by Gasteiger charge is -2.73. The molecule has 2 aromatic rings. The van der Waals surface area contributed by atoms with Crippen LogP contribution in [0.2, 0.25) is 0 Å². The van der Waals surface area contributed by atoms with Crippen LogP contribution in [0, 0.1) is 62.6 Å². The first-order valence-corrected chi connectivity index (χ1v) is 27.7. The van der Waals surface area contributed by atoms with Crippen molar-refractivity contribution in [1.29, 1.82) is 0 Å². The number of aliphatic carboxylic acids is 1. The average molecular weight is 1030 g/mol. The molecule has 15 nitrogen and oxygen atoms in total. The van der Waals surface area contributed by atoms with E-state index in [4.69, 9.17) is 19.3 Å². The van der Waals surface area contributed by atoms with E-state index in [-0.39, 0.29) is 53.0 Å². The molecule has 0 radical (unpaired) electrons. The molecule has 4 N–H and O–H groups in total. The van der Waals surface area contributed by atoms with Gasteiger partial charge in [-0.2, -0.15) is 0 Å². The van der Waals surface area contributed by atoms with Crippen molar-refractivity contribution in [2.24, 2.45) is 62.6 Å². The van der Waals surface area contributed by atoms with E-state index in [1.54, 1.807) is 72.7 Å². The number of carbonyl (C=O) groups is 4. The molecule has 0 saturated heterocycles. The molecule has 13 atom stereocenters. The molecule has 412 valence electrons. The zero-order valence-electron chi connectivity index (χ0n) is 47.9. The Labute approximate surface area is 442 Å². The summed E-state index contributed by atoms with van der Waals surface area (Å²) in [5.41, 5.74) is -2.43. The SMILES string of the molecule is C=C(C)[C@@H]1CC[C@]2(C(=O)O)CC[C@]3(C)[C@H](CC[C@@H]4[C@@]5(C)CC[C@](O)(c6cn(C[C@H](C)N(C(=O)[C@@H](NC(=O)OC(C)(C)C)[C@@H](C)CC)C(=O)C(C)(C)NCc7ccc(OC)cc7OC)nn6)C(C)(C)[C@@H]5CC[C@]43C)[C@@H]12. The summed E-state index contributed by atoms with van der Waals surface area (Å²) in [4.78, 5) is 57.9. The number of carboxylic acids is 1. The fourth-order valence-electron chi connectivity index (χ4n) is 16.3. The number of hydrogen-bond acceptors (Lipinski definition) is 11. The van der Waals surface area contributed by atoms with Gasteiger partial charge in [0.1, 0.15) is 34.4 Å². The number of nitrogens with zero attached hydrogens (tertiary/aromatic N) is 4. The lowest BCUT2D eigenvalue weighted by atomic mass is 9.31. The van der Waals surface area contributed by atoms with E-state index in [1.165, 1.54) is 4.90 Å². The van der Waals surface area contributed by atoms with Crippen LogP contribution in [0.3, 0.4) is 0 Å². The summed E-state index contributed by atoms with van der Waals surface area (Å²) >= 11 is 0. The summed E-state index contributed by atoms with van der Waals surface area (Å²) < 4.78 is 18.3. The van der Waals surface area contributed by atoms with Crippen LogP contribution < -0.4 is 20.1 Å². The van der Waals surface area contributed by atoms with Crippen LogP contribution in [0.25, 0.3) is 0 Å². The van der Waals surface area contributed by atoms with Gasteiger partial charge in [0.2, 0.25) is 5.91 Å². The number of carboxylic acid groups (broad SMARTS) is 1. The first kappa shape index (κ1) is 57.2. The molecule has 0 spiro atoms. The van der Waals surface area contributed by atoms with Crippen LogP contribution in [0.1, 0.15) is 179 Å². The van der Waals surface area contributed by atoms with Crippen LogP contribution in [-0.4, -0.2) is 91.4 Å². The number of methoxy groups -OCH3 is 2. The minimum Gasteiger partial charge on any atom is -0.497 e. The number of amides is 3. The monoisotopic (exact) mass is 1030 g/mol. The molecular formula is C59H92N6O9. The number of imide groups is 1. The van der Waals surface area contributed by atoms with Crippen LogP contribution in [-0.2, 0) is 37.8 Å². The number of ether oxygens (including phenoxy) is 3. The van der Waals surface area contributed by atoms with Gasteiger partial charge in [0.25, 0.3) is 5.91 Å². The number of allylic oxidation sites excluding steroid dienone is 1. The van der Waals surface area contributed by atoms with Crippen molar-refractivity contribution in [3.8, 4) is 11.5 Å². The maximum atomic E-state index is 15.1. The van der Waals surface area contributed by atoms with E-state index in [9.17, 15) is 19.8 Å². The lowest BCUT2D eigenvalue weighted by Crippen LogP contribution is -2.68. The zero-order chi connectivity index (χ0) is 54.9. The number of aliphatic hydroxyl groups is 1. The molecule has 0 aliphatic heterocycles. The molecule has 1 aromatic carbocycles. The van der Waals surface area contributed by atoms with Gasteiger partial charge in [0, 0.05) is 23.6 Å². The van der Waals surface area contributed by atoms with Crippen molar-refractivity contribution >= 4 is 23.9 Å². The molecular weight excluding hydrogens is 937 g/mol. The normalized spacial score (nSPS) is 33.6. The quantitative estimate of drug-likeness (QED) is 0.116. The Morgan fingerprint density at radius 1 is 0.905 bits per heavy atom. The third-order valence-electron chi connectivity index (χ3n) is 20.9. The van der Waals surface area contributed by atoms with E-state index in [2.05, 4.69) is 64.0 Å². The summed E-state index contributed by atoms with van der Waals surface area (Å²) in [6, 6.07) is 3.57. The summed E-state index contributed by atoms with van der Waals surface area (Å²) in [5, 5.41) is 39.5. The van der Waals surface area contributed by atoms with E-state index in [0.29, 0.717) is 41.9 Å².